The first-order valence-electron chi connectivity index (χ1n) is 4.17. The van der Waals surface area contributed by atoms with Crippen LogP contribution in [0.2, 0.25) is 0 Å². The van der Waals surface area contributed by atoms with Crippen molar-refractivity contribution in [2.75, 3.05) is 13.6 Å². The van der Waals surface area contributed by atoms with Crippen molar-refractivity contribution in [3.8, 4) is 0 Å². The molecule has 0 fully saturated rings. The Balaban J connectivity index is 2.61. The number of hydrogen-bond donors (Lipinski definition) is 1. The molecule has 0 aliphatic heterocycles. The zero-order chi connectivity index (χ0) is 8.10. The highest BCUT2D eigenvalue weighted by Gasteiger charge is 2.03. The standard InChI is InChI=1S/C10H15N/c1-9(8-11-2)10-6-4-3-5-7-10/h3-7,9,11H,8H2,1-2H3/p+1/t9-/m1/s1. The summed E-state index contributed by atoms with van der Waals surface area (Å²) in [6, 6.07) is 10.6. The molecular formula is C10H16N+. The minimum absolute atomic E-state index is 0.668. The van der Waals surface area contributed by atoms with Crippen molar-refractivity contribution < 1.29 is 5.32 Å². The van der Waals surface area contributed by atoms with Crippen molar-refractivity contribution in [1.82, 2.24) is 0 Å². The Morgan fingerprint density at radius 1 is 1.27 bits per heavy atom. The second kappa shape index (κ2) is 4.14. The summed E-state index contributed by atoms with van der Waals surface area (Å²) in [6.07, 6.45) is 0. The molecule has 0 unspecified atom stereocenters. The molecule has 0 aromatic heterocycles. The summed E-state index contributed by atoms with van der Waals surface area (Å²) < 4.78 is 0. The minimum Gasteiger partial charge on any atom is -0.348 e. The lowest BCUT2D eigenvalue weighted by Crippen LogP contribution is -2.80. The molecule has 0 saturated heterocycles. The van der Waals surface area contributed by atoms with E-state index in [9.17, 15) is 0 Å². The van der Waals surface area contributed by atoms with E-state index in [1.807, 2.05) is 0 Å². The summed E-state index contributed by atoms with van der Waals surface area (Å²) in [7, 11) is 2.11. The molecular weight excluding hydrogens is 134 g/mol. The maximum Gasteiger partial charge on any atom is 0.0820 e. The van der Waals surface area contributed by atoms with Gasteiger partial charge in [-0.3, -0.25) is 0 Å². The number of nitrogens with two attached hydrogens (primary N) is 1. The molecule has 60 valence electrons. The van der Waals surface area contributed by atoms with Crippen LogP contribution in [-0.2, 0) is 0 Å². The van der Waals surface area contributed by atoms with E-state index in [4.69, 9.17) is 0 Å². The number of benzene rings is 1. The third-order valence-electron chi connectivity index (χ3n) is 1.96. The Bertz CT molecular complexity index is 193. The summed E-state index contributed by atoms with van der Waals surface area (Å²) in [5.41, 5.74) is 1.44. The lowest BCUT2D eigenvalue weighted by atomic mass is 10.0. The van der Waals surface area contributed by atoms with Gasteiger partial charge in [0.2, 0.25) is 0 Å². The predicted molar refractivity (Wildman–Crippen MR) is 47.6 cm³/mol. The molecule has 0 heterocycles. The monoisotopic (exact) mass is 150 g/mol. The molecule has 0 aliphatic rings. The second-order valence-electron chi connectivity index (χ2n) is 2.96. The van der Waals surface area contributed by atoms with Gasteiger partial charge in [-0.2, -0.15) is 0 Å². The van der Waals surface area contributed by atoms with Crippen LogP contribution in [0.4, 0.5) is 0 Å². The molecule has 0 radical (unpaired) electrons. The molecule has 0 amide bonds. The van der Waals surface area contributed by atoms with Crippen LogP contribution in [0.25, 0.3) is 0 Å². The van der Waals surface area contributed by atoms with Crippen LogP contribution in [0.1, 0.15) is 18.4 Å². The van der Waals surface area contributed by atoms with Crippen LogP contribution in [0, 0.1) is 0 Å². The molecule has 0 aliphatic carbocycles. The normalized spacial score (nSPS) is 12.9. The van der Waals surface area contributed by atoms with E-state index in [1.54, 1.807) is 0 Å². The Morgan fingerprint density at radius 2 is 1.91 bits per heavy atom. The van der Waals surface area contributed by atoms with E-state index < -0.39 is 0 Å². The molecule has 0 saturated carbocycles. The first-order valence-corrected chi connectivity index (χ1v) is 4.17. The van der Waals surface area contributed by atoms with Gasteiger partial charge in [0.05, 0.1) is 13.6 Å². The van der Waals surface area contributed by atoms with Gasteiger partial charge in [0.15, 0.2) is 0 Å². The molecule has 1 atom stereocenters. The molecule has 0 spiro atoms. The van der Waals surface area contributed by atoms with E-state index in [0.717, 1.165) is 0 Å². The molecule has 1 nitrogen and oxygen atoms in total. The van der Waals surface area contributed by atoms with Crippen LogP contribution in [0.5, 0.6) is 0 Å². The van der Waals surface area contributed by atoms with E-state index in [0.29, 0.717) is 5.92 Å². The van der Waals surface area contributed by atoms with Gasteiger partial charge in [-0.1, -0.05) is 37.3 Å². The number of likely N-dealkylation sites (N-methyl/N-ethyl adjacent to an activating group) is 1. The zero-order valence-electron chi connectivity index (χ0n) is 7.25. The summed E-state index contributed by atoms with van der Waals surface area (Å²) >= 11 is 0. The van der Waals surface area contributed by atoms with Gasteiger partial charge in [-0.25, -0.2) is 0 Å². The molecule has 1 aromatic rings. The van der Waals surface area contributed by atoms with Gasteiger partial charge < -0.3 is 5.32 Å². The van der Waals surface area contributed by atoms with Gasteiger partial charge in [0.1, 0.15) is 0 Å². The summed E-state index contributed by atoms with van der Waals surface area (Å²) in [5, 5.41) is 2.22. The molecule has 1 heteroatoms. The quantitative estimate of drug-likeness (QED) is 0.661. The largest absolute Gasteiger partial charge is 0.348 e. The highest BCUT2D eigenvalue weighted by Crippen LogP contribution is 2.11. The van der Waals surface area contributed by atoms with Crippen LogP contribution in [0.15, 0.2) is 30.3 Å². The maximum atomic E-state index is 2.26. The van der Waals surface area contributed by atoms with Crippen LogP contribution < -0.4 is 5.32 Å². The van der Waals surface area contributed by atoms with Crippen molar-refractivity contribution >= 4 is 0 Å². The zero-order valence-corrected chi connectivity index (χ0v) is 7.25. The lowest BCUT2D eigenvalue weighted by molar-refractivity contribution is -0.629. The highest BCUT2D eigenvalue weighted by atomic mass is 14.8. The second-order valence-corrected chi connectivity index (χ2v) is 2.96. The van der Waals surface area contributed by atoms with Gasteiger partial charge in [-0.15, -0.1) is 0 Å². The highest BCUT2D eigenvalue weighted by molar-refractivity contribution is 5.18. The van der Waals surface area contributed by atoms with Crippen molar-refractivity contribution in [3.63, 3.8) is 0 Å². The van der Waals surface area contributed by atoms with Gasteiger partial charge >= 0.3 is 0 Å². The average Bonchev–Trinajstić information content (AvgIpc) is 2.07. The SMILES string of the molecule is C[NH2+]C[C@@H](C)c1ccccc1. The van der Waals surface area contributed by atoms with Crippen LogP contribution in [-0.4, -0.2) is 13.6 Å². The molecule has 1 aromatic carbocycles. The number of rotatable bonds is 3. The fourth-order valence-electron chi connectivity index (χ4n) is 1.27. The summed E-state index contributed by atoms with van der Waals surface area (Å²) in [6.45, 7) is 3.43. The van der Waals surface area contributed by atoms with Gasteiger partial charge in [0.25, 0.3) is 0 Å². The van der Waals surface area contributed by atoms with Crippen molar-refractivity contribution in [2.45, 2.75) is 12.8 Å². The Labute approximate surface area is 68.4 Å². The molecule has 1 rings (SSSR count). The van der Waals surface area contributed by atoms with Crippen molar-refractivity contribution in [2.24, 2.45) is 0 Å². The minimum atomic E-state index is 0.668. The van der Waals surface area contributed by atoms with E-state index in [-0.39, 0.29) is 0 Å². The van der Waals surface area contributed by atoms with E-state index in [2.05, 4.69) is 49.6 Å². The van der Waals surface area contributed by atoms with Gasteiger partial charge in [-0.05, 0) is 5.56 Å². The van der Waals surface area contributed by atoms with Crippen molar-refractivity contribution in [3.05, 3.63) is 35.9 Å². The fraction of sp³-hybridized carbons (Fsp3) is 0.400. The molecule has 11 heavy (non-hydrogen) atoms. The van der Waals surface area contributed by atoms with Gasteiger partial charge in [0, 0.05) is 5.92 Å². The third kappa shape index (κ3) is 2.35. The van der Waals surface area contributed by atoms with Crippen LogP contribution >= 0.6 is 0 Å². The first kappa shape index (κ1) is 8.28. The molecule has 2 N–H and O–H groups in total. The summed E-state index contributed by atoms with van der Waals surface area (Å²) in [4.78, 5) is 0. The van der Waals surface area contributed by atoms with Crippen LogP contribution in [0.3, 0.4) is 0 Å². The van der Waals surface area contributed by atoms with Crippen molar-refractivity contribution in [1.29, 1.82) is 0 Å². The number of quaternary nitrogens is 1. The predicted octanol–water partition coefficient (Wildman–Crippen LogP) is 0.983. The Kier molecular flexibility index (Phi) is 3.12. The first-order chi connectivity index (χ1) is 5.34. The topological polar surface area (TPSA) is 16.6 Å². The third-order valence-corrected chi connectivity index (χ3v) is 1.96. The maximum absolute atomic E-state index is 2.26. The Hall–Kier alpha value is -0.820. The summed E-state index contributed by atoms with van der Waals surface area (Å²) in [5.74, 6) is 0.668. The van der Waals surface area contributed by atoms with E-state index >= 15 is 0 Å². The fourth-order valence-corrected chi connectivity index (χ4v) is 1.27. The molecule has 0 bridgehead atoms. The average molecular weight is 150 g/mol. The Morgan fingerprint density at radius 3 is 2.45 bits per heavy atom. The lowest BCUT2D eigenvalue weighted by Gasteiger charge is -2.07. The smallest absolute Gasteiger partial charge is 0.0820 e. The number of hydrogen-bond acceptors (Lipinski definition) is 0. The van der Waals surface area contributed by atoms with E-state index in [1.165, 1.54) is 12.1 Å².